The van der Waals surface area contributed by atoms with E-state index >= 15 is 0 Å². The first-order chi connectivity index (χ1) is 9.97. The molecule has 1 heterocycles. The second-order valence-corrected chi connectivity index (χ2v) is 5.41. The predicted octanol–water partition coefficient (Wildman–Crippen LogP) is 2.25. The van der Waals surface area contributed by atoms with Crippen LogP contribution in [0.25, 0.3) is 0 Å². The van der Waals surface area contributed by atoms with E-state index in [1.165, 1.54) is 12.0 Å². The summed E-state index contributed by atoms with van der Waals surface area (Å²) in [4.78, 5) is 25.8. The maximum Gasteiger partial charge on any atom is 0.329 e. The van der Waals surface area contributed by atoms with E-state index < -0.39 is 12.0 Å². The minimum absolute atomic E-state index is 0.102. The highest BCUT2D eigenvalue weighted by molar-refractivity contribution is 6.32. The average Bonchev–Trinajstić information content (AvgIpc) is 2.85. The molecule has 0 aliphatic carbocycles. The van der Waals surface area contributed by atoms with Crippen LogP contribution in [0.2, 0.25) is 5.02 Å². The van der Waals surface area contributed by atoms with Crippen molar-refractivity contribution in [2.24, 2.45) is 0 Å². The Labute approximate surface area is 128 Å². The van der Waals surface area contributed by atoms with Crippen LogP contribution in [0.4, 0.5) is 5.69 Å². The molecule has 21 heavy (non-hydrogen) atoms. The van der Waals surface area contributed by atoms with E-state index in [-0.39, 0.29) is 12.5 Å². The number of hydrogen-bond donors (Lipinski definition) is 0. The normalized spacial score (nSPS) is 17.7. The standard InChI is InChI=1S/C15H18ClNO4/c1-9-4-5-11(16)10(2)14(9)17(13(18)8-20-3)12-6-7-21-15(12)19/h4-5,12H,6-8H2,1-3H3. The summed E-state index contributed by atoms with van der Waals surface area (Å²) in [5.74, 6) is -0.673. The molecule has 1 aliphatic rings. The molecule has 1 aromatic carbocycles. The monoisotopic (exact) mass is 311 g/mol. The van der Waals surface area contributed by atoms with Gasteiger partial charge in [-0.05, 0) is 31.0 Å². The summed E-state index contributed by atoms with van der Waals surface area (Å²) in [6.07, 6.45) is 0.472. The molecule has 1 amide bonds. The van der Waals surface area contributed by atoms with Gasteiger partial charge in [-0.15, -0.1) is 0 Å². The van der Waals surface area contributed by atoms with Gasteiger partial charge in [0, 0.05) is 18.6 Å². The Balaban J connectivity index is 2.52. The lowest BCUT2D eigenvalue weighted by atomic mass is 10.0. The fraction of sp³-hybridized carbons (Fsp3) is 0.467. The molecule has 0 saturated carbocycles. The van der Waals surface area contributed by atoms with Crippen molar-refractivity contribution in [2.45, 2.75) is 26.3 Å². The molecule has 1 saturated heterocycles. The second kappa shape index (κ2) is 6.45. The minimum atomic E-state index is -0.622. The Kier molecular flexibility index (Phi) is 4.85. The van der Waals surface area contributed by atoms with E-state index in [4.69, 9.17) is 21.1 Å². The number of carbonyl (C=O) groups is 2. The van der Waals surface area contributed by atoms with Gasteiger partial charge in [-0.3, -0.25) is 9.69 Å². The van der Waals surface area contributed by atoms with Crippen molar-refractivity contribution in [3.8, 4) is 0 Å². The lowest BCUT2D eigenvalue weighted by Crippen LogP contribution is -2.45. The van der Waals surface area contributed by atoms with Crippen LogP contribution >= 0.6 is 11.6 Å². The van der Waals surface area contributed by atoms with Gasteiger partial charge in [0.25, 0.3) is 5.91 Å². The topological polar surface area (TPSA) is 55.8 Å². The van der Waals surface area contributed by atoms with Gasteiger partial charge in [-0.1, -0.05) is 17.7 Å². The summed E-state index contributed by atoms with van der Waals surface area (Å²) in [5.41, 5.74) is 2.30. The third-order valence-corrected chi connectivity index (χ3v) is 3.97. The number of amides is 1. The summed E-state index contributed by atoms with van der Waals surface area (Å²) in [6.45, 7) is 3.93. The molecule has 0 N–H and O–H groups in total. The van der Waals surface area contributed by atoms with Crippen molar-refractivity contribution in [3.05, 3.63) is 28.3 Å². The lowest BCUT2D eigenvalue weighted by molar-refractivity contribution is -0.140. The van der Waals surface area contributed by atoms with Gasteiger partial charge in [0.05, 0.1) is 12.3 Å². The van der Waals surface area contributed by atoms with Gasteiger partial charge in [0.1, 0.15) is 12.6 Å². The number of cyclic esters (lactones) is 1. The molecule has 0 bridgehead atoms. The molecule has 0 aromatic heterocycles. The van der Waals surface area contributed by atoms with Crippen LogP contribution in [0, 0.1) is 13.8 Å². The van der Waals surface area contributed by atoms with Crippen molar-refractivity contribution in [1.29, 1.82) is 0 Å². The highest BCUT2D eigenvalue weighted by atomic mass is 35.5. The number of halogens is 1. The summed E-state index contributed by atoms with van der Waals surface area (Å²) in [7, 11) is 1.45. The first-order valence-corrected chi connectivity index (χ1v) is 7.08. The van der Waals surface area contributed by atoms with E-state index in [0.29, 0.717) is 23.7 Å². The summed E-state index contributed by atoms with van der Waals surface area (Å²) in [6, 6.07) is 2.99. The van der Waals surface area contributed by atoms with Crippen LogP contribution < -0.4 is 4.90 Å². The number of benzene rings is 1. The number of ether oxygens (including phenoxy) is 2. The molecule has 0 radical (unpaired) electrons. The second-order valence-electron chi connectivity index (χ2n) is 5.01. The van der Waals surface area contributed by atoms with Crippen LogP contribution in [0.3, 0.4) is 0 Å². The Bertz CT molecular complexity index is 573. The molecule has 1 aromatic rings. The van der Waals surface area contributed by atoms with Crippen LogP contribution in [-0.2, 0) is 19.1 Å². The number of carbonyl (C=O) groups excluding carboxylic acids is 2. The third kappa shape index (κ3) is 3.04. The molecular weight excluding hydrogens is 294 g/mol. The number of esters is 1. The summed E-state index contributed by atoms with van der Waals surface area (Å²) < 4.78 is 9.93. The zero-order valence-corrected chi connectivity index (χ0v) is 13.1. The van der Waals surface area contributed by atoms with Gasteiger partial charge in [-0.25, -0.2) is 4.79 Å². The van der Waals surface area contributed by atoms with Crippen molar-refractivity contribution >= 4 is 29.2 Å². The molecular formula is C15H18ClNO4. The van der Waals surface area contributed by atoms with Crippen LogP contribution in [0.5, 0.6) is 0 Å². The minimum Gasteiger partial charge on any atom is -0.464 e. The Morgan fingerprint density at radius 1 is 1.48 bits per heavy atom. The zero-order valence-electron chi connectivity index (χ0n) is 12.3. The molecule has 1 aliphatic heterocycles. The largest absolute Gasteiger partial charge is 0.464 e. The molecule has 2 rings (SSSR count). The Morgan fingerprint density at radius 3 is 2.76 bits per heavy atom. The maximum atomic E-state index is 12.4. The summed E-state index contributed by atoms with van der Waals surface area (Å²) >= 11 is 6.17. The lowest BCUT2D eigenvalue weighted by Gasteiger charge is -2.29. The van der Waals surface area contributed by atoms with Crippen LogP contribution in [0.15, 0.2) is 12.1 Å². The van der Waals surface area contributed by atoms with Crippen molar-refractivity contribution in [3.63, 3.8) is 0 Å². The molecule has 6 heteroatoms. The van der Waals surface area contributed by atoms with Crippen molar-refractivity contribution in [2.75, 3.05) is 25.2 Å². The molecule has 1 unspecified atom stereocenters. The number of anilines is 1. The Hall–Kier alpha value is -1.59. The number of hydrogen-bond acceptors (Lipinski definition) is 4. The number of methoxy groups -OCH3 is 1. The molecule has 1 fully saturated rings. The van der Waals surface area contributed by atoms with Crippen molar-refractivity contribution in [1.82, 2.24) is 0 Å². The smallest absolute Gasteiger partial charge is 0.329 e. The number of aryl methyl sites for hydroxylation is 1. The van der Waals surface area contributed by atoms with Gasteiger partial charge >= 0.3 is 5.97 Å². The zero-order chi connectivity index (χ0) is 15.6. The molecule has 114 valence electrons. The Morgan fingerprint density at radius 2 is 2.19 bits per heavy atom. The van der Waals surface area contributed by atoms with E-state index in [2.05, 4.69) is 0 Å². The molecule has 1 atom stereocenters. The highest BCUT2D eigenvalue weighted by Crippen LogP contribution is 2.33. The van der Waals surface area contributed by atoms with Crippen LogP contribution in [0.1, 0.15) is 17.5 Å². The van der Waals surface area contributed by atoms with Gasteiger partial charge in [0.2, 0.25) is 0 Å². The van der Waals surface area contributed by atoms with E-state index in [1.807, 2.05) is 19.9 Å². The van der Waals surface area contributed by atoms with E-state index in [1.54, 1.807) is 6.07 Å². The SMILES string of the molecule is COCC(=O)N(c1c(C)ccc(Cl)c1C)C1CCOC1=O. The van der Waals surface area contributed by atoms with E-state index in [0.717, 1.165) is 11.1 Å². The maximum absolute atomic E-state index is 12.4. The fourth-order valence-electron chi connectivity index (χ4n) is 2.55. The number of rotatable bonds is 4. The first-order valence-electron chi connectivity index (χ1n) is 6.70. The summed E-state index contributed by atoms with van der Waals surface area (Å²) in [5, 5.41) is 0.553. The molecule has 5 nitrogen and oxygen atoms in total. The van der Waals surface area contributed by atoms with Crippen LogP contribution in [-0.4, -0.2) is 38.2 Å². The third-order valence-electron chi connectivity index (χ3n) is 3.56. The fourth-order valence-corrected chi connectivity index (χ4v) is 2.70. The first kappa shape index (κ1) is 15.8. The van der Waals surface area contributed by atoms with Gasteiger partial charge in [-0.2, -0.15) is 0 Å². The van der Waals surface area contributed by atoms with Crippen molar-refractivity contribution < 1.29 is 19.1 Å². The van der Waals surface area contributed by atoms with Gasteiger partial charge < -0.3 is 9.47 Å². The molecule has 0 spiro atoms. The number of nitrogens with zero attached hydrogens (tertiary/aromatic N) is 1. The van der Waals surface area contributed by atoms with E-state index in [9.17, 15) is 9.59 Å². The highest BCUT2D eigenvalue weighted by Gasteiger charge is 2.37. The average molecular weight is 312 g/mol. The predicted molar refractivity (Wildman–Crippen MR) is 79.7 cm³/mol. The quantitative estimate of drug-likeness (QED) is 0.800. The van der Waals surface area contributed by atoms with Gasteiger partial charge in [0.15, 0.2) is 0 Å².